The van der Waals surface area contributed by atoms with Crippen molar-refractivity contribution in [2.24, 2.45) is 4.99 Å². The van der Waals surface area contributed by atoms with E-state index in [0.717, 1.165) is 31.0 Å². The first-order valence-corrected chi connectivity index (χ1v) is 7.09. The topological polar surface area (TPSA) is 65.9 Å². The Morgan fingerprint density at radius 1 is 1.30 bits per heavy atom. The summed E-state index contributed by atoms with van der Waals surface area (Å²) in [6.07, 6.45) is 1.73. The Balaban J connectivity index is 2.54. The van der Waals surface area contributed by atoms with Gasteiger partial charge in [0.2, 0.25) is 0 Å². The third kappa shape index (κ3) is 4.99. The number of nitrogens with one attached hydrogen (secondary N) is 2. The Bertz CT molecular complexity index is 433. The van der Waals surface area contributed by atoms with Gasteiger partial charge in [-0.2, -0.15) is 0 Å². The van der Waals surface area contributed by atoms with Gasteiger partial charge in [-0.3, -0.25) is 4.99 Å². The molecule has 0 bridgehead atoms. The second kappa shape index (κ2) is 9.07. The van der Waals surface area contributed by atoms with Crippen LogP contribution in [-0.2, 0) is 6.42 Å². The van der Waals surface area contributed by atoms with E-state index in [1.54, 1.807) is 13.2 Å². The molecule has 112 valence electrons. The molecule has 0 aliphatic carbocycles. The van der Waals surface area contributed by atoms with Crippen molar-refractivity contribution < 1.29 is 9.84 Å². The number of benzene rings is 1. The van der Waals surface area contributed by atoms with Crippen molar-refractivity contribution in [1.82, 2.24) is 10.6 Å². The van der Waals surface area contributed by atoms with Crippen LogP contribution in [0.15, 0.2) is 23.2 Å². The fraction of sp³-hybridized carbons (Fsp3) is 0.533. The van der Waals surface area contributed by atoms with E-state index in [1.807, 2.05) is 19.1 Å². The van der Waals surface area contributed by atoms with Crippen LogP contribution >= 0.6 is 0 Å². The molecule has 1 rings (SSSR count). The molecule has 20 heavy (non-hydrogen) atoms. The first-order valence-electron chi connectivity index (χ1n) is 7.09. The van der Waals surface area contributed by atoms with E-state index in [4.69, 9.17) is 4.74 Å². The van der Waals surface area contributed by atoms with E-state index in [1.165, 1.54) is 0 Å². The van der Waals surface area contributed by atoms with Crippen LogP contribution in [0.4, 0.5) is 0 Å². The van der Waals surface area contributed by atoms with E-state index in [9.17, 15) is 5.11 Å². The molecule has 0 atom stereocenters. The maximum Gasteiger partial charge on any atom is 0.191 e. The molecule has 1 aromatic rings. The highest BCUT2D eigenvalue weighted by molar-refractivity contribution is 5.79. The summed E-state index contributed by atoms with van der Waals surface area (Å²) in [6, 6.07) is 5.53. The first-order chi connectivity index (χ1) is 9.72. The van der Waals surface area contributed by atoms with Crippen molar-refractivity contribution in [2.75, 3.05) is 26.7 Å². The van der Waals surface area contributed by atoms with Gasteiger partial charge in [0, 0.05) is 19.6 Å². The number of methoxy groups -OCH3 is 1. The fourth-order valence-electron chi connectivity index (χ4n) is 1.82. The summed E-state index contributed by atoms with van der Waals surface area (Å²) in [4.78, 5) is 4.43. The molecule has 0 heterocycles. The van der Waals surface area contributed by atoms with Crippen LogP contribution in [0, 0.1) is 0 Å². The monoisotopic (exact) mass is 279 g/mol. The van der Waals surface area contributed by atoms with Crippen molar-refractivity contribution in [3.8, 4) is 11.5 Å². The predicted octanol–water partition coefficient (Wildman–Crippen LogP) is 1.91. The largest absolute Gasteiger partial charge is 0.504 e. The highest BCUT2D eigenvalue weighted by atomic mass is 16.5. The van der Waals surface area contributed by atoms with Gasteiger partial charge >= 0.3 is 0 Å². The van der Waals surface area contributed by atoms with Crippen molar-refractivity contribution in [3.05, 3.63) is 23.8 Å². The van der Waals surface area contributed by atoms with E-state index in [-0.39, 0.29) is 5.75 Å². The minimum Gasteiger partial charge on any atom is -0.504 e. The molecule has 0 spiro atoms. The zero-order chi connectivity index (χ0) is 14.8. The maximum absolute atomic E-state index is 10.0. The van der Waals surface area contributed by atoms with E-state index < -0.39 is 0 Å². The standard InChI is InChI=1S/C15H25N3O2/c1-4-10-17-15(16-5-2)18-11-9-12-7-6-8-13(20-3)14(12)19/h6-8,19H,4-5,9-11H2,1-3H3,(H2,16,17,18). The van der Waals surface area contributed by atoms with Crippen molar-refractivity contribution >= 4 is 5.96 Å². The minimum absolute atomic E-state index is 0.215. The summed E-state index contributed by atoms with van der Waals surface area (Å²) in [6.45, 7) is 6.48. The quantitative estimate of drug-likeness (QED) is 0.527. The number of rotatable bonds is 7. The number of para-hydroxylation sites is 1. The molecule has 0 amide bonds. The zero-order valence-corrected chi connectivity index (χ0v) is 12.6. The number of aliphatic imine (C=N–C) groups is 1. The Labute approximate surface area is 121 Å². The van der Waals surface area contributed by atoms with E-state index in [2.05, 4.69) is 22.5 Å². The maximum atomic E-state index is 10.0. The molecular formula is C15H25N3O2. The normalized spacial score (nSPS) is 11.2. The molecule has 0 aromatic heterocycles. The molecule has 0 saturated heterocycles. The molecule has 5 heteroatoms. The molecule has 0 aliphatic rings. The first kappa shape index (κ1) is 16.1. The molecule has 0 radical (unpaired) electrons. The molecule has 1 aromatic carbocycles. The van der Waals surface area contributed by atoms with Crippen molar-refractivity contribution in [1.29, 1.82) is 0 Å². The van der Waals surface area contributed by atoms with Crippen LogP contribution in [-0.4, -0.2) is 37.8 Å². The van der Waals surface area contributed by atoms with Crippen molar-refractivity contribution in [2.45, 2.75) is 26.7 Å². The molecule has 0 fully saturated rings. The fourth-order valence-corrected chi connectivity index (χ4v) is 1.82. The Kier molecular flexibility index (Phi) is 7.32. The second-order valence-electron chi connectivity index (χ2n) is 4.41. The van der Waals surface area contributed by atoms with Gasteiger partial charge in [-0.1, -0.05) is 19.1 Å². The molecule has 0 unspecified atom stereocenters. The number of guanidine groups is 1. The summed E-state index contributed by atoms with van der Waals surface area (Å²) in [5.74, 6) is 1.54. The highest BCUT2D eigenvalue weighted by Gasteiger charge is 2.07. The van der Waals surface area contributed by atoms with Crippen LogP contribution < -0.4 is 15.4 Å². The Hall–Kier alpha value is -1.91. The second-order valence-corrected chi connectivity index (χ2v) is 4.41. The third-order valence-corrected chi connectivity index (χ3v) is 2.83. The van der Waals surface area contributed by atoms with Gasteiger partial charge in [0.15, 0.2) is 17.5 Å². The smallest absolute Gasteiger partial charge is 0.191 e. The lowest BCUT2D eigenvalue weighted by Crippen LogP contribution is -2.38. The van der Waals surface area contributed by atoms with Crippen LogP contribution in [0.3, 0.4) is 0 Å². The average molecular weight is 279 g/mol. The molecule has 0 aliphatic heterocycles. The number of ether oxygens (including phenoxy) is 1. The van der Waals surface area contributed by atoms with E-state index >= 15 is 0 Å². The minimum atomic E-state index is 0.215. The lowest BCUT2D eigenvalue weighted by atomic mass is 10.1. The number of nitrogens with zero attached hydrogens (tertiary/aromatic N) is 1. The summed E-state index contributed by atoms with van der Waals surface area (Å²) < 4.78 is 5.10. The van der Waals surface area contributed by atoms with Crippen molar-refractivity contribution in [3.63, 3.8) is 0 Å². The predicted molar refractivity (Wildman–Crippen MR) is 82.6 cm³/mol. The third-order valence-electron chi connectivity index (χ3n) is 2.83. The number of phenols is 1. The van der Waals surface area contributed by atoms with Gasteiger partial charge in [-0.15, -0.1) is 0 Å². The SMILES string of the molecule is CCCN=C(NCC)NCCc1cccc(OC)c1O. The summed E-state index contributed by atoms with van der Waals surface area (Å²) in [5.41, 5.74) is 0.864. The molecule has 3 N–H and O–H groups in total. The van der Waals surface area contributed by atoms with Gasteiger partial charge in [0.05, 0.1) is 7.11 Å². The average Bonchev–Trinajstić information content (AvgIpc) is 2.46. The number of aromatic hydroxyl groups is 1. The summed E-state index contributed by atoms with van der Waals surface area (Å²) >= 11 is 0. The van der Waals surface area contributed by atoms with Gasteiger partial charge in [-0.25, -0.2) is 0 Å². The molecular weight excluding hydrogens is 254 g/mol. The summed E-state index contributed by atoms with van der Waals surface area (Å²) in [7, 11) is 1.55. The van der Waals surface area contributed by atoms with Crippen LogP contribution in [0.5, 0.6) is 11.5 Å². The van der Waals surface area contributed by atoms with Gasteiger partial charge in [-0.05, 0) is 31.4 Å². The zero-order valence-electron chi connectivity index (χ0n) is 12.6. The number of hydrogen-bond acceptors (Lipinski definition) is 3. The lowest BCUT2D eigenvalue weighted by Gasteiger charge is -2.12. The number of phenolic OH excluding ortho intramolecular Hbond substituents is 1. The Morgan fingerprint density at radius 3 is 2.75 bits per heavy atom. The van der Waals surface area contributed by atoms with Gasteiger partial charge in [0.25, 0.3) is 0 Å². The van der Waals surface area contributed by atoms with Crippen LogP contribution in [0.25, 0.3) is 0 Å². The van der Waals surface area contributed by atoms with Gasteiger partial charge < -0.3 is 20.5 Å². The molecule has 5 nitrogen and oxygen atoms in total. The number of hydrogen-bond donors (Lipinski definition) is 3. The Morgan fingerprint density at radius 2 is 2.10 bits per heavy atom. The molecule has 0 saturated carbocycles. The lowest BCUT2D eigenvalue weighted by molar-refractivity contribution is 0.370. The van der Waals surface area contributed by atoms with E-state index in [0.29, 0.717) is 18.7 Å². The summed E-state index contributed by atoms with van der Waals surface area (Å²) in [5, 5.41) is 16.4. The van der Waals surface area contributed by atoms with Gasteiger partial charge in [0.1, 0.15) is 0 Å². The highest BCUT2D eigenvalue weighted by Crippen LogP contribution is 2.29. The van der Waals surface area contributed by atoms with Crippen LogP contribution in [0.2, 0.25) is 0 Å². The van der Waals surface area contributed by atoms with Crippen LogP contribution in [0.1, 0.15) is 25.8 Å².